The van der Waals surface area contributed by atoms with Gasteiger partial charge in [-0.15, -0.1) is 0 Å². The molecule has 0 spiro atoms. The van der Waals surface area contributed by atoms with Crippen molar-refractivity contribution in [2.45, 2.75) is 45.3 Å². The molecule has 0 aliphatic carbocycles. The quantitative estimate of drug-likeness (QED) is 0.906. The number of aromatic nitrogens is 3. The van der Waals surface area contributed by atoms with Crippen LogP contribution in [0.4, 0.5) is 0 Å². The first-order valence-electron chi connectivity index (χ1n) is 8.27. The average molecular weight is 346 g/mol. The van der Waals surface area contributed by atoms with E-state index in [9.17, 15) is 9.59 Å². The fourth-order valence-corrected chi connectivity index (χ4v) is 3.04. The van der Waals surface area contributed by atoms with E-state index < -0.39 is 0 Å². The highest BCUT2D eigenvalue weighted by molar-refractivity contribution is 5.94. The predicted octanol–water partition coefficient (Wildman–Crippen LogP) is 1.79. The number of rotatable bonds is 4. The first kappa shape index (κ1) is 17.3. The van der Waals surface area contributed by atoms with Gasteiger partial charge in [-0.25, -0.2) is 0 Å². The van der Waals surface area contributed by atoms with Crippen molar-refractivity contribution in [2.24, 2.45) is 0 Å². The first-order valence-corrected chi connectivity index (χ1v) is 8.27. The number of nitrogens with one attached hydrogen (secondary N) is 1. The van der Waals surface area contributed by atoms with Crippen LogP contribution >= 0.6 is 0 Å². The van der Waals surface area contributed by atoms with Gasteiger partial charge >= 0.3 is 0 Å². The number of ether oxygens (including phenoxy) is 1. The monoisotopic (exact) mass is 346 g/mol. The zero-order chi connectivity index (χ0) is 18.1. The molecule has 0 saturated carbocycles. The van der Waals surface area contributed by atoms with Gasteiger partial charge in [0.1, 0.15) is 6.04 Å². The Morgan fingerprint density at radius 3 is 2.80 bits per heavy atom. The summed E-state index contributed by atoms with van der Waals surface area (Å²) >= 11 is 0. The molecule has 1 fully saturated rings. The van der Waals surface area contributed by atoms with E-state index in [-0.39, 0.29) is 29.5 Å². The second-order valence-electron chi connectivity index (χ2n) is 6.59. The third-order valence-corrected chi connectivity index (χ3v) is 4.42. The number of aryl methyl sites for hydroxylation is 1. The summed E-state index contributed by atoms with van der Waals surface area (Å²) in [5.74, 6) is 0.773. The van der Waals surface area contributed by atoms with E-state index in [1.54, 1.807) is 25.0 Å². The van der Waals surface area contributed by atoms with Crippen molar-refractivity contribution >= 4 is 5.91 Å². The number of H-pyrrole nitrogens is 1. The number of nitrogens with zero attached hydrogens (tertiary/aromatic N) is 3. The van der Waals surface area contributed by atoms with Gasteiger partial charge in [0, 0.05) is 37.4 Å². The summed E-state index contributed by atoms with van der Waals surface area (Å²) in [6.45, 7) is 6.06. The Morgan fingerprint density at radius 2 is 2.20 bits per heavy atom. The maximum Gasteiger partial charge on any atom is 0.254 e. The van der Waals surface area contributed by atoms with Gasteiger partial charge in [-0.1, -0.05) is 19.0 Å². The van der Waals surface area contributed by atoms with Crippen molar-refractivity contribution in [1.82, 2.24) is 20.0 Å². The molecule has 3 heterocycles. The predicted molar refractivity (Wildman–Crippen MR) is 89.4 cm³/mol. The molecule has 8 nitrogen and oxygen atoms in total. The molecular weight excluding hydrogens is 324 g/mol. The largest absolute Gasteiger partial charge is 0.380 e. The molecule has 25 heavy (non-hydrogen) atoms. The maximum atomic E-state index is 13.1. The van der Waals surface area contributed by atoms with Crippen LogP contribution in [0.15, 0.2) is 21.5 Å². The highest BCUT2D eigenvalue weighted by Gasteiger charge is 2.40. The van der Waals surface area contributed by atoms with Crippen LogP contribution in [-0.4, -0.2) is 45.7 Å². The lowest BCUT2D eigenvalue weighted by Gasteiger charge is -2.22. The second-order valence-corrected chi connectivity index (χ2v) is 6.59. The normalized spacial score (nSPS) is 20.4. The van der Waals surface area contributed by atoms with E-state index in [0.29, 0.717) is 30.2 Å². The first-order chi connectivity index (χ1) is 11.9. The Hall–Kier alpha value is -2.48. The summed E-state index contributed by atoms with van der Waals surface area (Å²) in [7, 11) is 1.61. The van der Waals surface area contributed by atoms with Crippen molar-refractivity contribution in [3.05, 3.63) is 45.5 Å². The van der Waals surface area contributed by atoms with E-state index in [4.69, 9.17) is 9.26 Å². The molecule has 1 aliphatic rings. The van der Waals surface area contributed by atoms with Crippen LogP contribution in [0.5, 0.6) is 0 Å². The number of carbonyl (C=O) groups is 1. The van der Waals surface area contributed by atoms with Gasteiger partial charge in [0.05, 0.1) is 6.10 Å². The standard InChI is InChI=1S/C17H22N4O4/c1-9(2)13-5-11(6-15(22)19-13)17(23)21-8-12(24-4)7-14(21)16-18-10(3)20-25-16/h5-6,9,12,14H,7-8H2,1-4H3,(H,19,22)/t12-,14-/m1/s1. The Kier molecular flexibility index (Phi) is 4.71. The Labute approximate surface area is 145 Å². The molecular formula is C17H22N4O4. The summed E-state index contributed by atoms with van der Waals surface area (Å²) in [6.07, 6.45) is 0.456. The lowest BCUT2D eigenvalue weighted by atomic mass is 10.1. The van der Waals surface area contributed by atoms with E-state index in [1.165, 1.54) is 6.07 Å². The zero-order valence-corrected chi connectivity index (χ0v) is 14.8. The summed E-state index contributed by atoms with van der Waals surface area (Å²) in [4.78, 5) is 33.6. The van der Waals surface area contributed by atoms with Crippen molar-refractivity contribution in [3.8, 4) is 0 Å². The molecule has 0 unspecified atom stereocenters. The number of methoxy groups -OCH3 is 1. The van der Waals surface area contributed by atoms with Gasteiger partial charge < -0.3 is 19.1 Å². The SMILES string of the molecule is CO[C@@H]1C[C@H](c2nc(C)no2)N(C(=O)c2cc(C(C)C)[nH]c(=O)c2)C1. The van der Waals surface area contributed by atoms with E-state index >= 15 is 0 Å². The second kappa shape index (κ2) is 6.79. The molecule has 8 heteroatoms. The smallest absolute Gasteiger partial charge is 0.254 e. The van der Waals surface area contributed by atoms with Gasteiger partial charge in [-0.2, -0.15) is 4.98 Å². The molecule has 134 valence electrons. The molecule has 1 N–H and O–H groups in total. The molecule has 2 atom stereocenters. The zero-order valence-electron chi connectivity index (χ0n) is 14.8. The van der Waals surface area contributed by atoms with Gasteiger partial charge in [0.2, 0.25) is 11.4 Å². The summed E-state index contributed by atoms with van der Waals surface area (Å²) in [5, 5.41) is 3.81. The van der Waals surface area contributed by atoms with Crippen LogP contribution in [0.1, 0.15) is 60.0 Å². The number of hydrogen-bond acceptors (Lipinski definition) is 6. The molecule has 1 amide bonds. The van der Waals surface area contributed by atoms with Crippen molar-refractivity contribution < 1.29 is 14.1 Å². The number of aromatic amines is 1. The van der Waals surface area contributed by atoms with Crippen LogP contribution in [0, 0.1) is 6.92 Å². The third kappa shape index (κ3) is 3.48. The van der Waals surface area contributed by atoms with Crippen LogP contribution < -0.4 is 5.56 Å². The molecule has 2 aromatic rings. The van der Waals surface area contributed by atoms with Gasteiger partial charge in [0.15, 0.2) is 5.82 Å². The molecule has 1 saturated heterocycles. The summed E-state index contributed by atoms with van der Waals surface area (Å²) < 4.78 is 10.7. The lowest BCUT2D eigenvalue weighted by Crippen LogP contribution is -2.33. The molecule has 0 radical (unpaired) electrons. The minimum absolute atomic E-state index is 0.111. The minimum atomic E-state index is -0.361. The molecule has 2 aromatic heterocycles. The highest BCUT2D eigenvalue weighted by Crippen LogP contribution is 2.33. The van der Waals surface area contributed by atoms with Crippen molar-refractivity contribution in [1.29, 1.82) is 0 Å². The van der Waals surface area contributed by atoms with Gasteiger partial charge in [0.25, 0.3) is 5.91 Å². The fraction of sp³-hybridized carbons (Fsp3) is 0.529. The van der Waals surface area contributed by atoms with Gasteiger partial charge in [-0.3, -0.25) is 9.59 Å². The van der Waals surface area contributed by atoms with E-state index in [2.05, 4.69) is 15.1 Å². The van der Waals surface area contributed by atoms with Crippen molar-refractivity contribution in [2.75, 3.05) is 13.7 Å². The Balaban J connectivity index is 1.95. The maximum absolute atomic E-state index is 13.1. The number of carbonyl (C=O) groups excluding carboxylic acids is 1. The van der Waals surface area contributed by atoms with E-state index in [0.717, 1.165) is 5.69 Å². The summed E-state index contributed by atoms with van der Waals surface area (Å²) in [5.41, 5.74) is 0.788. The Morgan fingerprint density at radius 1 is 1.44 bits per heavy atom. The topological polar surface area (TPSA) is 101 Å². The summed E-state index contributed by atoms with van der Waals surface area (Å²) in [6, 6.07) is 2.69. The number of amides is 1. The molecule has 3 rings (SSSR count). The fourth-order valence-electron chi connectivity index (χ4n) is 3.04. The molecule has 1 aliphatic heterocycles. The molecule has 0 bridgehead atoms. The van der Waals surface area contributed by atoms with Crippen LogP contribution in [-0.2, 0) is 4.74 Å². The minimum Gasteiger partial charge on any atom is -0.380 e. The van der Waals surface area contributed by atoms with Crippen LogP contribution in [0.3, 0.4) is 0 Å². The number of pyridine rings is 1. The third-order valence-electron chi connectivity index (χ3n) is 4.42. The van der Waals surface area contributed by atoms with Crippen LogP contribution in [0.25, 0.3) is 0 Å². The van der Waals surface area contributed by atoms with Crippen molar-refractivity contribution in [3.63, 3.8) is 0 Å². The van der Waals surface area contributed by atoms with Gasteiger partial charge in [-0.05, 0) is 18.9 Å². The highest BCUT2D eigenvalue weighted by atomic mass is 16.5. The average Bonchev–Trinajstić information content (AvgIpc) is 3.19. The number of likely N-dealkylation sites (tertiary alicyclic amines) is 1. The Bertz CT molecular complexity index is 826. The molecule has 0 aromatic carbocycles. The number of hydrogen-bond donors (Lipinski definition) is 1. The van der Waals surface area contributed by atoms with Crippen LogP contribution in [0.2, 0.25) is 0 Å². The lowest BCUT2D eigenvalue weighted by molar-refractivity contribution is 0.0670. The van der Waals surface area contributed by atoms with E-state index in [1.807, 2.05) is 13.8 Å².